The summed E-state index contributed by atoms with van der Waals surface area (Å²) in [7, 11) is 1.97. The molecule has 0 aliphatic rings. The summed E-state index contributed by atoms with van der Waals surface area (Å²) in [6.07, 6.45) is 1.84. The van der Waals surface area contributed by atoms with Gasteiger partial charge in [-0.2, -0.15) is 0 Å². The van der Waals surface area contributed by atoms with Crippen molar-refractivity contribution in [2.75, 3.05) is 13.6 Å². The molecule has 2 heterocycles. The highest BCUT2D eigenvalue weighted by Crippen LogP contribution is 2.16. The largest absolute Gasteiger partial charge is 0.329 e. The summed E-state index contributed by atoms with van der Waals surface area (Å²) < 4.78 is 2.24. The van der Waals surface area contributed by atoms with Crippen LogP contribution >= 0.6 is 0 Å². The van der Waals surface area contributed by atoms with Gasteiger partial charge in [0.15, 0.2) is 0 Å². The van der Waals surface area contributed by atoms with Crippen molar-refractivity contribution in [1.29, 1.82) is 0 Å². The van der Waals surface area contributed by atoms with Crippen LogP contribution in [0.25, 0.3) is 11.0 Å². The Morgan fingerprint density at radius 2 is 2.36 bits per heavy atom. The molecule has 0 amide bonds. The number of pyridine rings is 1. The van der Waals surface area contributed by atoms with Crippen LogP contribution in [-0.4, -0.2) is 23.1 Å². The molecule has 0 bridgehead atoms. The summed E-state index contributed by atoms with van der Waals surface area (Å²) in [5.74, 6) is 0. The second-order valence-electron chi connectivity index (χ2n) is 3.46. The van der Waals surface area contributed by atoms with Crippen molar-refractivity contribution in [2.45, 2.75) is 13.5 Å². The molecule has 2 rings (SSSR count). The monoisotopic (exact) mass is 189 g/mol. The minimum atomic E-state index is 0.973. The van der Waals surface area contributed by atoms with Crippen LogP contribution in [-0.2, 0) is 6.54 Å². The van der Waals surface area contributed by atoms with E-state index in [9.17, 15) is 0 Å². The molecule has 14 heavy (non-hydrogen) atoms. The second kappa shape index (κ2) is 3.80. The highest BCUT2D eigenvalue weighted by molar-refractivity contribution is 5.77. The van der Waals surface area contributed by atoms with Crippen LogP contribution in [0.2, 0.25) is 0 Å². The smallest absolute Gasteiger partial charge is 0.140 e. The number of nitrogens with one attached hydrogen (secondary N) is 1. The van der Waals surface area contributed by atoms with Gasteiger partial charge >= 0.3 is 0 Å². The topological polar surface area (TPSA) is 29.9 Å². The summed E-state index contributed by atoms with van der Waals surface area (Å²) in [6.45, 7) is 4.07. The van der Waals surface area contributed by atoms with Crippen LogP contribution in [0.3, 0.4) is 0 Å². The Bertz CT molecular complexity index is 431. The predicted molar refractivity (Wildman–Crippen MR) is 58.4 cm³/mol. The van der Waals surface area contributed by atoms with Crippen LogP contribution in [0.1, 0.15) is 5.69 Å². The van der Waals surface area contributed by atoms with Crippen molar-refractivity contribution in [1.82, 2.24) is 14.9 Å². The summed E-state index contributed by atoms with van der Waals surface area (Å²) in [5, 5.41) is 4.37. The summed E-state index contributed by atoms with van der Waals surface area (Å²) in [4.78, 5) is 4.39. The van der Waals surface area contributed by atoms with E-state index in [2.05, 4.69) is 33.9 Å². The molecule has 0 atom stereocenters. The summed E-state index contributed by atoms with van der Waals surface area (Å²) >= 11 is 0. The van der Waals surface area contributed by atoms with E-state index < -0.39 is 0 Å². The molecule has 0 saturated carbocycles. The molecule has 0 radical (unpaired) electrons. The second-order valence-corrected chi connectivity index (χ2v) is 3.46. The molecule has 0 fully saturated rings. The van der Waals surface area contributed by atoms with Gasteiger partial charge in [-0.05, 0) is 32.2 Å². The van der Waals surface area contributed by atoms with Crippen LogP contribution in [0, 0.1) is 6.92 Å². The Morgan fingerprint density at radius 3 is 3.14 bits per heavy atom. The molecule has 74 valence electrons. The third-order valence-corrected chi connectivity index (χ3v) is 2.45. The Kier molecular flexibility index (Phi) is 2.50. The molecule has 2 aromatic heterocycles. The van der Waals surface area contributed by atoms with E-state index in [1.807, 2.05) is 19.3 Å². The number of likely N-dealkylation sites (N-methyl/N-ethyl adjacent to an activating group) is 1. The summed E-state index contributed by atoms with van der Waals surface area (Å²) in [6, 6.07) is 6.26. The van der Waals surface area contributed by atoms with Gasteiger partial charge < -0.3 is 9.88 Å². The first-order valence-electron chi connectivity index (χ1n) is 4.88. The maximum atomic E-state index is 4.39. The van der Waals surface area contributed by atoms with E-state index in [1.165, 1.54) is 11.1 Å². The van der Waals surface area contributed by atoms with Crippen molar-refractivity contribution >= 4 is 11.0 Å². The van der Waals surface area contributed by atoms with Gasteiger partial charge in [0, 0.05) is 30.4 Å². The number of hydrogen-bond donors (Lipinski definition) is 1. The standard InChI is InChI=1S/C11H15N3/c1-9-8-10-4-3-5-13-11(10)14(9)7-6-12-2/h3-5,8,12H,6-7H2,1-2H3. The van der Waals surface area contributed by atoms with Gasteiger partial charge in [-0.25, -0.2) is 4.98 Å². The quantitative estimate of drug-likeness (QED) is 0.794. The van der Waals surface area contributed by atoms with Crippen molar-refractivity contribution in [3.63, 3.8) is 0 Å². The fourth-order valence-electron chi connectivity index (χ4n) is 1.72. The molecule has 0 aliphatic heterocycles. The maximum absolute atomic E-state index is 4.39. The fraction of sp³-hybridized carbons (Fsp3) is 0.364. The third kappa shape index (κ3) is 1.51. The Labute approximate surface area is 83.8 Å². The summed E-state index contributed by atoms with van der Waals surface area (Å²) in [5.41, 5.74) is 2.36. The minimum Gasteiger partial charge on any atom is -0.329 e. The zero-order valence-corrected chi connectivity index (χ0v) is 8.62. The van der Waals surface area contributed by atoms with Crippen LogP contribution in [0.4, 0.5) is 0 Å². The average molecular weight is 189 g/mol. The number of fused-ring (bicyclic) bond motifs is 1. The lowest BCUT2D eigenvalue weighted by Crippen LogP contribution is -2.15. The van der Waals surface area contributed by atoms with E-state index in [0.29, 0.717) is 0 Å². The van der Waals surface area contributed by atoms with Gasteiger partial charge in [0.25, 0.3) is 0 Å². The van der Waals surface area contributed by atoms with Crippen molar-refractivity contribution in [3.8, 4) is 0 Å². The first kappa shape index (κ1) is 9.21. The molecular formula is C11H15N3. The van der Waals surface area contributed by atoms with Gasteiger partial charge in [-0.15, -0.1) is 0 Å². The van der Waals surface area contributed by atoms with E-state index in [0.717, 1.165) is 18.7 Å². The fourth-order valence-corrected chi connectivity index (χ4v) is 1.72. The lowest BCUT2D eigenvalue weighted by molar-refractivity contribution is 0.646. The molecule has 2 aromatic rings. The molecule has 3 nitrogen and oxygen atoms in total. The highest BCUT2D eigenvalue weighted by atomic mass is 15.1. The van der Waals surface area contributed by atoms with E-state index in [4.69, 9.17) is 0 Å². The zero-order valence-electron chi connectivity index (χ0n) is 8.62. The normalized spacial score (nSPS) is 11.0. The van der Waals surface area contributed by atoms with Crippen molar-refractivity contribution in [3.05, 3.63) is 30.1 Å². The van der Waals surface area contributed by atoms with Gasteiger partial charge in [0.1, 0.15) is 5.65 Å². The predicted octanol–water partition coefficient (Wildman–Crippen LogP) is 1.56. The molecule has 0 aromatic carbocycles. The van der Waals surface area contributed by atoms with Gasteiger partial charge in [0.2, 0.25) is 0 Å². The number of aromatic nitrogens is 2. The van der Waals surface area contributed by atoms with Crippen LogP contribution in [0.5, 0.6) is 0 Å². The van der Waals surface area contributed by atoms with Gasteiger partial charge in [-0.3, -0.25) is 0 Å². The van der Waals surface area contributed by atoms with Crippen LogP contribution < -0.4 is 5.32 Å². The first-order chi connectivity index (χ1) is 6.83. The lowest BCUT2D eigenvalue weighted by atomic mass is 10.3. The average Bonchev–Trinajstić information content (AvgIpc) is 2.51. The first-order valence-corrected chi connectivity index (χ1v) is 4.88. The molecular weight excluding hydrogens is 174 g/mol. The van der Waals surface area contributed by atoms with Crippen molar-refractivity contribution in [2.24, 2.45) is 0 Å². The maximum Gasteiger partial charge on any atom is 0.140 e. The Balaban J connectivity index is 2.45. The molecule has 0 saturated heterocycles. The number of aryl methyl sites for hydroxylation is 1. The molecule has 3 heteroatoms. The molecule has 0 spiro atoms. The zero-order chi connectivity index (χ0) is 9.97. The lowest BCUT2D eigenvalue weighted by Gasteiger charge is -2.06. The molecule has 0 unspecified atom stereocenters. The Morgan fingerprint density at radius 1 is 1.50 bits per heavy atom. The van der Waals surface area contributed by atoms with Crippen molar-refractivity contribution < 1.29 is 0 Å². The molecule has 1 N–H and O–H groups in total. The van der Waals surface area contributed by atoms with E-state index >= 15 is 0 Å². The highest BCUT2D eigenvalue weighted by Gasteiger charge is 2.04. The minimum absolute atomic E-state index is 0.973. The van der Waals surface area contributed by atoms with Gasteiger partial charge in [-0.1, -0.05) is 0 Å². The SMILES string of the molecule is CNCCn1c(C)cc2cccnc21. The van der Waals surface area contributed by atoms with E-state index in [1.54, 1.807) is 0 Å². The third-order valence-electron chi connectivity index (χ3n) is 2.45. The number of rotatable bonds is 3. The number of hydrogen-bond acceptors (Lipinski definition) is 2. The van der Waals surface area contributed by atoms with E-state index in [-0.39, 0.29) is 0 Å². The number of nitrogens with zero attached hydrogens (tertiary/aromatic N) is 2. The Hall–Kier alpha value is -1.35. The van der Waals surface area contributed by atoms with Crippen LogP contribution in [0.15, 0.2) is 24.4 Å². The molecule has 0 aliphatic carbocycles. The van der Waals surface area contributed by atoms with Gasteiger partial charge in [0.05, 0.1) is 0 Å².